The highest BCUT2D eigenvalue weighted by Crippen LogP contribution is 1.90. The van der Waals surface area contributed by atoms with Gasteiger partial charge in [0.15, 0.2) is 10.8 Å². The molecule has 1 heterocycles. The van der Waals surface area contributed by atoms with Crippen molar-refractivity contribution in [2.45, 2.75) is 0 Å². The maximum Gasteiger partial charge on any atom is 0.211 e. The molecule has 0 atom stereocenters. The van der Waals surface area contributed by atoms with Crippen LogP contribution in [0, 0.1) is 0 Å². The van der Waals surface area contributed by atoms with E-state index in [2.05, 4.69) is 0 Å². The van der Waals surface area contributed by atoms with Crippen LogP contribution in [0.2, 0.25) is 0 Å². The topological polar surface area (TPSA) is 0 Å². The molecule has 7 heavy (non-hydrogen) atoms. The SMILES string of the molecule is S.c1cc[s+]cc1. The Morgan fingerprint density at radius 2 is 1.43 bits per heavy atom. The quantitative estimate of drug-likeness (QED) is 0.473. The van der Waals surface area contributed by atoms with Gasteiger partial charge in [-0.3, -0.25) is 0 Å². The van der Waals surface area contributed by atoms with E-state index in [-0.39, 0.29) is 13.5 Å². The molecule has 0 radical (unpaired) electrons. The molecule has 0 unspecified atom stereocenters. The maximum absolute atomic E-state index is 2.04. The lowest BCUT2D eigenvalue weighted by molar-refractivity contribution is 1.88. The Kier molecular flexibility index (Phi) is 4.04. The van der Waals surface area contributed by atoms with Gasteiger partial charge in [0, 0.05) is 0 Å². The summed E-state index contributed by atoms with van der Waals surface area (Å²) in [4.78, 5) is 0. The Morgan fingerprint density at radius 1 is 0.857 bits per heavy atom. The first kappa shape index (κ1) is 6.92. The molecular formula is C5H7S2+. The zero-order valence-corrected chi connectivity index (χ0v) is 5.61. The molecule has 0 aliphatic heterocycles. The summed E-state index contributed by atoms with van der Waals surface area (Å²) in [5, 5.41) is 4.08. The highest BCUT2D eigenvalue weighted by Gasteiger charge is 1.74. The Morgan fingerprint density at radius 3 is 1.57 bits per heavy atom. The minimum Gasteiger partial charge on any atom is -0.197 e. The molecule has 0 aromatic carbocycles. The molecule has 1 aromatic heterocycles. The second-order valence-corrected chi connectivity index (χ2v) is 1.80. The van der Waals surface area contributed by atoms with Gasteiger partial charge in [-0.05, 0) is 12.1 Å². The normalized spacial score (nSPS) is 6.86. The average Bonchev–Trinajstić information content (AvgIpc) is 1.72. The van der Waals surface area contributed by atoms with Gasteiger partial charge in [0.1, 0.15) is 0 Å². The zero-order valence-electron chi connectivity index (χ0n) is 3.79. The van der Waals surface area contributed by atoms with Crippen LogP contribution in [-0.2, 0) is 0 Å². The van der Waals surface area contributed by atoms with Gasteiger partial charge in [-0.2, -0.15) is 13.5 Å². The Hall–Kier alpha value is -0.0800. The summed E-state index contributed by atoms with van der Waals surface area (Å²) in [5.41, 5.74) is 0. The third kappa shape index (κ3) is 2.60. The minimum atomic E-state index is 0. The van der Waals surface area contributed by atoms with Crippen LogP contribution in [0.15, 0.2) is 29.0 Å². The number of hydrogen-bond donors (Lipinski definition) is 0. The van der Waals surface area contributed by atoms with Crippen molar-refractivity contribution >= 4 is 24.8 Å². The fraction of sp³-hybridized carbons (Fsp3) is 0. The maximum atomic E-state index is 2.04. The van der Waals surface area contributed by atoms with Crippen LogP contribution in [0.1, 0.15) is 0 Å². The lowest BCUT2D eigenvalue weighted by atomic mass is 10.6. The molecule has 0 aliphatic carbocycles. The number of hydrogen-bond acceptors (Lipinski definition) is 0. The van der Waals surface area contributed by atoms with E-state index in [1.54, 1.807) is 11.3 Å². The fourth-order valence-corrected chi connectivity index (χ4v) is 0.745. The summed E-state index contributed by atoms with van der Waals surface area (Å²) >= 11 is 1.70. The summed E-state index contributed by atoms with van der Waals surface area (Å²) in [5.74, 6) is 0. The molecule has 0 saturated heterocycles. The molecule has 0 fully saturated rings. The van der Waals surface area contributed by atoms with Gasteiger partial charge in [-0.15, -0.1) is 0 Å². The molecular weight excluding hydrogens is 124 g/mol. The van der Waals surface area contributed by atoms with Gasteiger partial charge < -0.3 is 0 Å². The zero-order chi connectivity index (χ0) is 4.24. The summed E-state index contributed by atoms with van der Waals surface area (Å²) in [6.07, 6.45) is 0. The average molecular weight is 131 g/mol. The van der Waals surface area contributed by atoms with Gasteiger partial charge in [-0.1, -0.05) is 6.07 Å². The van der Waals surface area contributed by atoms with Gasteiger partial charge in [0.25, 0.3) is 0 Å². The van der Waals surface area contributed by atoms with E-state index in [4.69, 9.17) is 0 Å². The molecule has 0 bridgehead atoms. The summed E-state index contributed by atoms with van der Waals surface area (Å²) in [7, 11) is 0. The van der Waals surface area contributed by atoms with Crippen LogP contribution in [0.5, 0.6) is 0 Å². The van der Waals surface area contributed by atoms with E-state index in [9.17, 15) is 0 Å². The van der Waals surface area contributed by atoms with Gasteiger partial charge in [-0.25, -0.2) is 0 Å². The second-order valence-electron chi connectivity index (χ2n) is 0.986. The largest absolute Gasteiger partial charge is 0.211 e. The molecule has 0 nitrogen and oxygen atoms in total. The van der Waals surface area contributed by atoms with Crippen molar-refractivity contribution in [2.24, 2.45) is 0 Å². The summed E-state index contributed by atoms with van der Waals surface area (Å²) in [6.45, 7) is 0. The van der Waals surface area contributed by atoms with Crippen LogP contribution in [0.25, 0.3) is 0 Å². The van der Waals surface area contributed by atoms with E-state index in [0.29, 0.717) is 0 Å². The first-order chi connectivity index (χ1) is 3.00. The van der Waals surface area contributed by atoms with Gasteiger partial charge in [0.05, 0.1) is 0 Å². The lowest BCUT2D eigenvalue weighted by Crippen LogP contribution is -1.41. The van der Waals surface area contributed by atoms with Crippen molar-refractivity contribution in [2.75, 3.05) is 0 Å². The standard InChI is InChI=1S/C5H5S.H2S/c1-2-4-6-5-3-1;/h1-5H;1H2/q+1;. The van der Waals surface area contributed by atoms with Gasteiger partial charge >= 0.3 is 0 Å². The number of rotatable bonds is 0. The molecule has 38 valence electrons. The molecule has 0 N–H and O–H groups in total. The molecule has 0 aliphatic rings. The van der Waals surface area contributed by atoms with Gasteiger partial charge in [0.2, 0.25) is 11.3 Å². The molecule has 0 amide bonds. The first-order valence-corrected chi connectivity index (χ1v) is 2.75. The molecule has 1 rings (SSSR count). The van der Waals surface area contributed by atoms with Crippen LogP contribution in [-0.4, -0.2) is 0 Å². The van der Waals surface area contributed by atoms with Crippen molar-refractivity contribution in [1.29, 1.82) is 0 Å². The van der Waals surface area contributed by atoms with Crippen molar-refractivity contribution in [3.05, 3.63) is 29.0 Å². The fourth-order valence-electron chi connectivity index (χ4n) is 0.291. The Bertz CT molecular complexity index is 78.0. The Labute approximate surface area is 54.3 Å². The van der Waals surface area contributed by atoms with Crippen LogP contribution in [0.3, 0.4) is 0 Å². The van der Waals surface area contributed by atoms with E-state index >= 15 is 0 Å². The van der Waals surface area contributed by atoms with Crippen molar-refractivity contribution in [3.63, 3.8) is 0 Å². The Balaban J connectivity index is 0.000000360. The smallest absolute Gasteiger partial charge is 0.197 e. The molecule has 0 saturated carbocycles. The minimum absolute atomic E-state index is 0. The van der Waals surface area contributed by atoms with Crippen molar-refractivity contribution in [3.8, 4) is 0 Å². The highest BCUT2D eigenvalue weighted by atomic mass is 32.1. The molecule has 1 aromatic rings. The van der Waals surface area contributed by atoms with Crippen LogP contribution < -0.4 is 0 Å². The molecule has 2 heteroatoms. The predicted octanol–water partition coefficient (Wildman–Crippen LogP) is 2.14. The second kappa shape index (κ2) is 4.09. The monoisotopic (exact) mass is 131 g/mol. The first-order valence-electron chi connectivity index (χ1n) is 1.80. The van der Waals surface area contributed by atoms with E-state index in [0.717, 1.165) is 0 Å². The van der Waals surface area contributed by atoms with Crippen molar-refractivity contribution in [1.82, 2.24) is 0 Å². The highest BCUT2D eigenvalue weighted by molar-refractivity contribution is 7.59. The summed E-state index contributed by atoms with van der Waals surface area (Å²) < 4.78 is 0. The lowest BCUT2D eigenvalue weighted by Gasteiger charge is -1.56. The van der Waals surface area contributed by atoms with E-state index in [1.807, 2.05) is 29.0 Å². The predicted molar refractivity (Wildman–Crippen MR) is 39.1 cm³/mol. The van der Waals surface area contributed by atoms with Crippen LogP contribution in [0.4, 0.5) is 0 Å². The molecule has 0 spiro atoms. The van der Waals surface area contributed by atoms with E-state index in [1.165, 1.54) is 0 Å². The third-order valence-corrected chi connectivity index (χ3v) is 1.17. The van der Waals surface area contributed by atoms with Crippen LogP contribution >= 0.6 is 24.8 Å². The van der Waals surface area contributed by atoms with E-state index < -0.39 is 0 Å². The third-order valence-electron chi connectivity index (χ3n) is 0.536. The summed E-state index contributed by atoms with van der Waals surface area (Å²) in [6, 6.07) is 6.05. The van der Waals surface area contributed by atoms with Crippen molar-refractivity contribution < 1.29 is 0 Å².